The third kappa shape index (κ3) is 2.03. The Balaban J connectivity index is 3.37. The molecular weight excluding hydrogens is 297 g/mol. The summed E-state index contributed by atoms with van der Waals surface area (Å²) < 4.78 is 5.63. The van der Waals surface area contributed by atoms with Crippen molar-refractivity contribution in [3.8, 4) is 5.75 Å². The fourth-order valence-corrected chi connectivity index (χ4v) is 1.73. The summed E-state index contributed by atoms with van der Waals surface area (Å²) in [5, 5.41) is 0. The third-order valence-corrected chi connectivity index (χ3v) is 2.60. The molecule has 5 heteroatoms. The van der Waals surface area contributed by atoms with Crippen LogP contribution in [-0.4, -0.2) is 19.3 Å². The zero-order valence-corrected chi connectivity index (χ0v) is 9.57. The van der Waals surface area contributed by atoms with E-state index in [0.717, 1.165) is 0 Å². The van der Waals surface area contributed by atoms with Gasteiger partial charge in [-0.25, -0.2) is 0 Å². The minimum absolute atomic E-state index is 0.321. The van der Waals surface area contributed by atoms with E-state index in [0.29, 0.717) is 26.7 Å². The molecule has 0 heterocycles. The van der Waals surface area contributed by atoms with Crippen molar-refractivity contribution in [3.05, 3.63) is 26.8 Å². The maximum Gasteiger partial charge on any atom is 0.249 e. The fourth-order valence-electron chi connectivity index (χ4n) is 1.03. The van der Waals surface area contributed by atoms with Crippen LogP contribution in [0, 0.1) is 3.57 Å². The normalized spacial score (nSPS) is 9.57. The number of amides is 1. The number of benzene rings is 1. The van der Waals surface area contributed by atoms with Gasteiger partial charge in [0.15, 0.2) is 6.29 Å². The van der Waals surface area contributed by atoms with Crippen LogP contribution in [0.15, 0.2) is 12.1 Å². The molecule has 0 fully saturated rings. The van der Waals surface area contributed by atoms with Crippen LogP contribution in [0.4, 0.5) is 0 Å². The summed E-state index contributed by atoms with van der Waals surface area (Å²) in [6.07, 6.45) is 0.626. The van der Waals surface area contributed by atoms with Crippen LogP contribution in [0.3, 0.4) is 0 Å². The summed E-state index contributed by atoms with van der Waals surface area (Å²) in [6.45, 7) is 0. The van der Waals surface area contributed by atoms with Crippen LogP contribution in [0.1, 0.15) is 20.7 Å². The molecule has 0 aliphatic heterocycles. The van der Waals surface area contributed by atoms with Gasteiger partial charge in [-0.1, -0.05) is 0 Å². The monoisotopic (exact) mass is 305 g/mol. The number of carbonyl (C=O) groups excluding carboxylic acids is 2. The standard InChI is InChI=1S/C9H8INO3/c1-14-8-3-7(10)6(9(11)13)2-5(8)4-12/h2-4H,1H3,(H2,11,13). The Kier molecular flexibility index (Phi) is 3.45. The number of rotatable bonds is 3. The Morgan fingerprint density at radius 2 is 2.21 bits per heavy atom. The largest absolute Gasteiger partial charge is 0.496 e. The van der Waals surface area contributed by atoms with Crippen LogP contribution < -0.4 is 10.5 Å². The van der Waals surface area contributed by atoms with Crippen molar-refractivity contribution in [1.82, 2.24) is 0 Å². The van der Waals surface area contributed by atoms with Gasteiger partial charge < -0.3 is 10.5 Å². The molecule has 0 bridgehead atoms. The summed E-state index contributed by atoms with van der Waals surface area (Å²) in [4.78, 5) is 21.6. The molecule has 0 aliphatic carbocycles. The van der Waals surface area contributed by atoms with E-state index in [1.54, 1.807) is 6.07 Å². The van der Waals surface area contributed by atoms with Crippen LogP contribution in [-0.2, 0) is 0 Å². The van der Waals surface area contributed by atoms with Gasteiger partial charge in [0.1, 0.15) is 5.75 Å². The lowest BCUT2D eigenvalue weighted by atomic mass is 10.1. The van der Waals surface area contributed by atoms with Crippen LogP contribution in [0.25, 0.3) is 0 Å². The van der Waals surface area contributed by atoms with Gasteiger partial charge >= 0.3 is 0 Å². The number of methoxy groups -OCH3 is 1. The third-order valence-electron chi connectivity index (χ3n) is 1.71. The molecule has 14 heavy (non-hydrogen) atoms. The van der Waals surface area contributed by atoms with Crippen molar-refractivity contribution < 1.29 is 14.3 Å². The molecule has 0 saturated heterocycles. The van der Waals surface area contributed by atoms with Gasteiger partial charge in [0.25, 0.3) is 0 Å². The molecule has 0 unspecified atom stereocenters. The summed E-state index contributed by atoms with van der Waals surface area (Å²) >= 11 is 1.96. The molecule has 1 amide bonds. The van der Waals surface area contributed by atoms with E-state index < -0.39 is 5.91 Å². The lowest BCUT2D eigenvalue weighted by Gasteiger charge is -2.06. The van der Waals surface area contributed by atoms with E-state index in [2.05, 4.69) is 0 Å². The minimum Gasteiger partial charge on any atom is -0.496 e. The summed E-state index contributed by atoms with van der Waals surface area (Å²) in [5.74, 6) is -0.116. The second-order valence-corrected chi connectivity index (χ2v) is 3.72. The summed E-state index contributed by atoms with van der Waals surface area (Å²) in [7, 11) is 1.46. The number of halogens is 1. The molecule has 0 aromatic heterocycles. The highest BCUT2D eigenvalue weighted by atomic mass is 127. The molecule has 74 valence electrons. The number of hydrogen-bond donors (Lipinski definition) is 1. The number of carbonyl (C=O) groups is 2. The highest BCUT2D eigenvalue weighted by Crippen LogP contribution is 2.23. The Labute approximate surface area is 94.6 Å². The Hall–Kier alpha value is -1.11. The average Bonchev–Trinajstić information content (AvgIpc) is 2.16. The van der Waals surface area contributed by atoms with Crippen LogP contribution in [0.5, 0.6) is 5.75 Å². The SMILES string of the molecule is COc1cc(I)c(C(N)=O)cc1C=O. The highest BCUT2D eigenvalue weighted by molar-refractivity contribution is 14.1. The molecule has 1 aromatic carbocycles. The van der Waals surface area contributed by atoms with Gasteiger partial charge in [0.05, 0.1) is 18.2 Å². The van der Waals surface area contributed by atoms with Crippen molar-refractivity contribution in [2.45, 2.75) is 0 Å². The topological polar surface area (TPSA) is 69.4 Å². The first-order valence-corrected chi connectivity index (χ1v) is 4.80. The van der Waals surface area contributed by atoms with E-state index in [4.69, 9.17) is 10.5 Å². The van der Waals surface area contributed by atoms with E-state index >= 15 is 0 Å². The maximum atomic E-state index is 11.0. The fraction of sp³-hybridized carbons (Fsp3) is 0.111. The smallest absolute Gasteiger partial charge is 0.249 e. The van der Waals surface area contributed by atoms with E-state index in [-0.39, 0.29) is 0 Å². The van der Waals surface area contributed by atoms with Crippen LogP contribution >= 0.6 is 22.6 Å². The second kappa shape index (κ2) is 4.41. The molecule has 0 saturated carbocycles. The van der Waals surface area contributed by atoms with Gasteiger partial charge in [-0.2, -0.15) is 0 Å². The molecule has 0 radical (unpaired) electrons. The molecule has 1 aromatic rings. The van der Waals surface area contributed by atoms with Gasteiger partial charge in [-0.15, -0.1) is 0 Å². The lowest BCUT2D eigenvalue weighted by Crippen LogP contribution is -2.13. The van der Waals surface area contributed by atoms with Crippen molar-refractivity contribution in [2.75, 3.05) is 7.11 Å². The minimum atomic E-state index is -0.555. The Morgan fingerprint density at radius 3 is 2.64 bits per heavy atom. The average molecular weight is 305 g/mol. The summed E-state index contributed by atoms with van der Waals surface area (Å²) in [6, 6.07) is 3.03. The molecule has 0 aliphatic rings. The molecular formula is C9H8INO3. The van der Waals surface area contributed by atoms with Crippen molar-refractivity contribution in [2.24, 2.45) is 5.73 Å². The van der Waals surface area contributed by atoms with Crippen molar-refractivity contribution in [1.29, 1.82) is 0 Å². The molecule has 2 N–H and O–H groups in total. The molecule has 0 atom stereocenters. The second-order valence-electron chi connectivity index (χ2n) is 2.56. The first-order valence-electron chi connectivity index (χ1n) is 3.72. The first kappa shape index (κ1) is 11.0. The zero-order chi connectivity index (χ0) is 10.7. The number of primary amides is 1. The maximum absolute atomic E-state index is 11.0. The number of nitrogens with two attached hydrogens (primary N) is 1. The highest BCUT2D eigenvalue weighted by Gasteiger charge is 2.11. The first-order chi connectivity index (χ1) is 6.60. The van der Waals surface area contributed by atoms with Crippen LogP contribution in [0.2, 0.25) is 0 Å². The van der Waals surface area contributed by atoms with Gasteiger partial charge in [-0.3, -0.25) is 9.59 Å². The Bertz CT molecular complexity index is 390. The lowest BCUT2D eigenvalue weighted by molar-refractivity contribution is 0.0999. The number of aldehydes is 1. The van der Waals surface area contributed by atoms with E-state index in [1.807, 2.05) is 22.6 Å². The molecule has 1 rings (SSSR count). The van der Waals surface area contributed by atoms with Gasteiger partial charge in [0, 0.05) is 3.57 Å². The quantitative estimate of drug-likeness (QED) is 0.674. The van der Waals surface area contributed by atoms with Gasteiger partial charge in [0.2, 0.25) is 5.91 Å². The molecule has 0 spiro atoms. The predicted octanol–water partition coefficient (Wildman–Crippen LogP) is 1.21. The van der Waals surface area contributed by atoms with E-state index in [9.17, 15) is 9.59 Å². The van der Waals surface area contributed by atoms with Gasteiger partial charge in [-0.05, 0) is 34.7 Å². The van der Waals surface area contributed by atoms with E-state index in [1.165, 1.54) is 13.2 Å². The zero-order valence-electron chi connectivity index (χ0n) is 7.41. The number of hydrogen-bond acceptors (Lipinski definition) is 3. The predicted molar refractivity (Wildman–Crippen MR) is 59.6 cm³/mol. The number of ether oxygens (including phenoxy) is 1. The van der Waals surface area contributed by atoms with Crippen molar-refractivity contribution >= 4 is 34.8 Å². The van der Waals surface area contributed by atoms with Crippen molar-refractivity contribution in [3.63, 3.8) is 0 Å². The molecule has 4 nitrogen and oxygen atoms in total. The Morgan fingerprint density at radius 1 is 1.57 bits per heavy atom. The summed E-state index contributed by atoms with van der Waals surface area (Å²) in [5.41, 5.74) is 5.78.